The Balaban J connectivity index is 2.22. The summed E-state index contributed by atoms with van der Waals surface area (Å²) in [5, 5.41) is 6.67. The van der Waals surface area contributed by atoms with Gasteiger partial charge in [-0.3, -0.25) is 4.40 Å². The van der Waals surface area contributed by atoms with Gasteiger partial charge in [0.1, 0.15) is 5.03 Å². The second-order valence-corrected chi connectivity index (χ2v) is 6.29. The van der Waals surface area contributed by atoms with E-state index in [1.54, 1.807) is 11.3 Å². The van der Waals surface area contributed by atoms with E-state index in [-0.39, 0.29) is 0 Å². The van der Waals surface area contributed by atoms with Crippen LogP contribution in [0.4, 0.5) is 0 Å². The summed E-state index contributed by atoms with van der Waals surface area (Å²) in [4.78, 5) is 5.80. The summed E-state index contributed by atoms with van der Waals surface area (Å²) >= 11 is 3.57. The molecule has 0 aliphatic rings. The Hall–Kier alpha value is -0.520. The molecule has 2 aromatic rings. The Morgan fingerprint density at radius 3 is 3.06 bits per heavy atom. The quantitative estimate of drug-likeness (QED) is 0.816. The number of nitrogens with zero attached hydrogens (tertiary/aromatic N) is 2. The molecule has 5 heteroatoms. The first kappa shape index (κ1) is 12.9. The van der Waals surface area contributed by atoms with Crippen LogP contribution in [0.15, 0.2) is 16.6 Å². The van der Waals surface area contributed by atoms with Crippen LogP contribution >= 0.6 is 23.1 Å². The standard InChI is InChI=1S/C12H19N3S2/c1-4-13-7-10-11(17-8-9(2)3)14-12-15(10)5-6-16-12/h5-6,9,13H,4,7-8H2,1-3H3. The van der Waals surface area contributed by atoms with Gasteiger partial charge in [-0.1, -0.05) is 20.8 Å². The highest BCUT2D eigenvalue weighted by Crippen LogP contribution is 2.27. The maximum Gasteiger partial charge on any atom is 0.194 e. The van der Waals surface area contributed by atoms with E-state index in [1.165, 1.54) is 10.7 Å². The lowest BCUT2D eigenvalue weighted by Crippen LogP contribution is -2.13. The number of hydrogen-bond acceptors (Lipinski definition) is 4. The molecular formula is C12H19N3S2. The van der Waals surface area contributed by atoms with E-state index in [1.807, 2.05) is 11.8 Å². The Labute approximate surface area is 111 Å². The molecule has 3 nitrogen and oxygen atoms in total. The number of thioether (sulfide) groups is 1. The van der Waals surface area contributed by atoms with E-state index in [9.17, 15) is 0 Å². The number of nitrogens with one attached hydrogen (secondary N) is 1. The molecule has 2 rings (SSSR count). The third-order valence-corrected chi connectivity index (χ3v) is 4.61. The minimum Gasteiger partial charge on any atom is -0.311 e. The first-order valence-electron chi connectivity index (χ1n) is 6.00. The van der Waals surface area contributed by atoms with Gasteiger partial charge in [-0.15, -0.1) is 23.1 Å². The van der Waals surface area contributed by atoms with Gasteiger partial charge in [0.2, 0.25) is 0 Å². The Kier molecular flexibility index (Phi) is 4.48. The summed E-state index contributed by atoms with van der Waals surface area (Å²) in [6, 6.07) is 0. The van der Waals surface area contributed by atoms with Crippen LogP contribution in [0.2, 0.25) is 0 Å². The van der Waals surface area contributed by atoms with Crippen LogP contribution in [0.25, 0.3) is 4.96 Å². The van der Waals surface area contributed by atoms with E-state index >= 15 is 0 Å². The van der Waals surface area contributed by atoms with Crippen molar-refractivity contribution in [3.63, 3.8) is 0 Å². The lowest BCUT2D eigenvalue weighted by molar-refractivity contribution is 0.693. The smallest absolute Gasteiger partial charge is 0.194 e. The molecule has 94 valence electrons. The zero-order valence-electron chi connectivity index (χ0n) is 10.6. The molecule has 17 heavy (non-hydrogen) atoms. The van der Waals surface area contributed by atoms with Gasteiger partial charge in [0.15, 0.2) is 4.96 Å². The van der Waals surface area contributed by atoms with E-state index in [0.717, 1.165) is 23.8 Å². The van der Waals surface area contributed by atoms with E-state index in [4.69, 9.17) is 4.98 Å². The summed E-state index contributed by atoms with van der Waals surface area (Å²) in [6.45, 7) is 8.51. The van der Waals surface area contributed by atoms with Crippen molar-refractivity contribution in [3.8, 4) is 0 Å². The fraction of sp³-hybridized carbons (Fsp3) is 0.583. The van der Waals surface area contributed by atoms with Gasteiger partial charge < -0.3 is 5.32 Å². The zero-order chi connectivity index (χ0) is 12.3. The van der Waals surface area contributed by atoms with Crippen LogP contribution in [0.1, 0.15) is 26.5 Å². The molecule has 0 bridgehead atoms. The minimum absolute atomic E-state index is 0.701. The van der Waals surface area contributed by atoms with Crippen molar-refractivity contribution in [1.82, 2.24) is 14.7 Å². The molecule has 0 atom stereocenters. The Bertz CT molecular complexity index is 473. The second-order valence-electron chi connectivity index (χ2n) is 4.40. The minimum atomic E-state index is 0.701. The summed E-state index contributed by atoms with van der Waals surface area (Å²) in [7, 11) is 0. The zero-order valence-corrected chi connectivity index (χ0v) is 12.2. The average Bonchev–Trinajstić information content (AvgIpc) is 2.84. The molecule has 0 aromatic carbocycles. The fourth-order valence-electron chi connectivity index (χ4n) is 1.58. The van der Waals surface area contributed by atoms with Gasteiger partial charge in [0.25, 0.3) is 0 Å². The lowest BCUT2D eigenvalue weighted by Gasteiger charge is -2.06. The molecule has 0 unspecified atom stereocenters. The second kappa shape index (κ2) is 5.89. The van der Waals surface area contributed by atoms with Crippen LogP contribution in [0, 0.1) is 5.92 Å². The summed E-state index contributed by atoms with van der Waals surface area (Å²) in [5.41, 5.74) is 1.30. The maximum atomic E-state index is 4.70. The number of rotatable bonds is 6. The van der Waals surface area contributed by atoms with Crippen LogP contribution in [0.3, 0.4) is 0 Å². The normalized spacial score (nSPS) is 11.8. The predicted octanol–water partition coefficient (Wildman–Crippen LogP) is 3.25. The highest BCUT2D eigenvalue weighted by atomic mass is 32.2. The first-order valence-corrected chi connectivity index (χ1v) is 7.86. The number of hydrogen-bond donors (Lipinski definition) is 1. The molecule has 0 radical (unpaired) electrons. The van der Waals surface area contributed by atoms with Gasteiger partial charge in [0, 0.05) is 23.9 Å². The van der Waals surface area contributed by atoms with Crippen molar-refractivity contribution in [2.45, 2.75) is 32.3 Å². The molecular weight excluding hydrogens is 250 g/mol. The molecule has 0 saturated heterocycles. The lowest BCUT2D eigenvalue weighted by atomic mass is 10.3. The van der Waals surface area contributed by atoms with Crippen molar-refractivity contribution in [3.05, 3.63) is 17.3 Å². The highest BCUT2D eigenvalue weighted by molar-refractivity contribution is 7.99. The molecule has 0 saturated carbocycles. The van der Waals surface area contributed by atoms with Crippen LogP contribution in [-0.2, 0) is 6.54 Å². The molecule has 2 aromatic heterocycles. The first-order chi connectivity index (χ1) is 8.22. The maximum absolute atomic E-state index is 4.70. The third kappa shape index (κ3) is 3.03. The Morgan fingerprint density at radius 1 is 1.53 bits per heavy atom. The highest BCUT2D eigenvalue weighted by Gasteiger charge is 2.13. The van der Waals surface area contributed by atoms with Crippen molar-refractivity contribution >= 4 is 28.1 Å². The van der Waals surface area contributed by atoms with Crippen LogP contribution < -0.4 is 5.32 Å². The SMILES string of the molecule is CCNCc1c(SCC(C)C)nc2sccn12. The summed E-state index contributed by atoms with van der Waals surface area (Å²) in [5.74, 6) is 1.83. The molecule has 2 heterocycles. The monoisotopic (exact) mass is 269 g/mol. The number of fused-ring (bicyclic) bond motifs is 1. The van der Waals surface area contributed by atoms with Gasteiger partial charge >= 0.3 is 0 Å². The van der Waals surface area contributed by atoms with Gasteiger partial charge in [-0.2, -0.15) is 0 Å². The average molecular weight is 269 g/mol. The van der Waals surface area contributed by atoms with E-state index in [2.05, 4.69) is 42.1 Å². The molecule has 0 aliphatic carbocycles. The van der Waals surface area contributed by atoms with Crippen LogP contribution in [0.5, 0.6) is 0 Å². The van der Waals surface area contributed by atoms with Gasteiger partial charge in [-0.05, 0) is 12.5 Å². The Morgan fingerprint density at radius 2 is 2.35 bits per heavy atom. The largest absolute Gasteiger partial charge is 0.311 e. The molecule has 0 amide bonds. The van der Waals surface area contributed by atoms with Crippen molar-refractivity contribution in [2.24, 2.45) is 5.92 Å². The molecule has 0 aliphatic heterocycles. The number of imidazole rings is 1. The van der Waals surface area contributed by atoms with E-state index in [0.29, 0.717) is 5.92 Å². The summed E-state index contributed by atoms with van der Waals surface area (Å²) < 4.78 is 2.20. The van der Waals surface area contributed by atoms with E-state index < -0.39 is 0 Å². The van der Waals surface area contributed by atoms with Gasteiger partial charge in [0.05, 0.1) is 5.69 Å². The molecule has 1 N–H and O–H groups in total. The van der Waals surface area contributed by atoms with Gasteiger partial charge in [-0.25, -0.2) is 4.98 Å². The predicted molar refractivity (Wildman–Crippen MR) is 76.0 cm³/mol. The number of aromatic nitrogens is 2. The molecule has 0 fully saturated rings. The third-order valence-electron chi connectivity index (χ3n) is 2.42. The topological polar surface area (TPSA) is 29.3 Å². The van der Waals surface area contributed by atoms with Crippen molar-refractivity contribution in [1.29, 1.82) is 0 Å². The van der Waals surface area contributed by atoms with Crippen molar-refractivity contribution < 1.29 is 0 Å². The summed E-state index contributed by atoms with van der Waals surface area (Å²) in [6.07, 6.45) is 2.11. The molecule has 0 spiro atoms. The van der Waals surface area contributed by atoms with Crippen LogP contribution in [-0.4, -0.2) is 21.7 Å². The van der Waals surface area contributed by atoms with Crippen molar-refractivity contribution in [2.75, 3.05) is 12.3 Å². The fourth-order valence-corrected chi connectivity index (χ4v) is 3.35. The number of thiazole rings is 1.